The maximum absolute atomic E-state index is 12.7. The highest BCUT2D eigenvalue weighted by atomic mass is 16.5. The van der Waals surface area contributed by atoms with Crippen LogP contribution in [0.2, 0.25) is 0 Å². The molecule has 0 unspecified atom stereocenters. The number of para-hydroxylation sites is 2. The third-order valence-corrected chi connectivity index (χ3v) is 4.39. The highest BCUT2D eigenvalue weighted by molar-refractivity contribution is 5.95. The molecule has 0 aliphatic carbocycles. The molecule has 0 radical (unpaired) electrons. The van der Waals surface area contributed by atoms with E-state index < -0.39 is 6.10 Å². The number of rotatable bonds is 6. The minimum Gasteiger partial charge on any atom is -0.481 e. The maximum Gasteiger partial charge on any atom is 0.265 e. The van der Waals surface area contributed by atoms with Crippen LogP contribution in [0.1, 0.15) is 63.1 Å². The molecule has 0 heterocycles. The predicted octanol–water partition coefficient (Wildman–Crippen LogP) is 5.65. The normalized spacial score (nSPS) is 12.3. The second kappa shape index (κ2) is 8.19. The summed E-state index contributed by atoms with van der Waals surface area (Å²) in [6, 6.07) is 14.0. The van der Waals surface area contributed by atoms with Crippen molar-refractivity contribution in [1.29, 1.82) is 0 Å². The molecular formula is C22H29NO2. The van der Waals surface area contributed by atoms with E-state index in [2.05, 4.69) is 39.1 Å². The first-order valence-electron chi connectivity index (χ1n) is 8.97. The zero-order valence-electron chi connectivity index (χ0n) is 16.1. The van der Waals surface area contributed by atoms with Gasteiger partial charge in [-0.3, -0.25) is 4.79 Å². The van der Waals surface area contributed by atoms with Gasteiger partial charge in [0, 0.05) is 5.69 Å². The monoisotopic (exact) mass is 339 g/mol. The molecule has 0 saturated heterocycles. The number of hydrogen-bond donors (Lipinski definition) is 1. The molecule has 134 valence electrons. The number of benzene rings is 2. The molecule has 0 aliphatic heterocycles. The van der Waals surface area contributed by atoms with E-state index in [0.717, 1.165) is 28.1 Å². The van der Waals surface area contributed by atoms with E-state index in [0.29, 0.717) is 11.8 Å². The Kier molecular flexibility index (Phi) is 6.24. The minimum atomic E-state index is -0.570. The zero-order valence-corrected chi connectivity index (χ0v) is 16.1. The molecule has 3 nitrogen and oxygen atoms in total. The number of hydrogen-bond acceptors (Lipinski definition) is 2. The fourth-order valence-corrected chi connectivity index (χ4v) is 2.88. The molecule has 0 aromatic heterocycles. The Balaban J connectivity index is 2.17. The van der Waals surface area contributed by atoms with Crippen LogP contribution in [0.3, 0.4) is 0 Å². The van der Waals surface area contributed by atoms with Crippen molar-refractivity contribution in [3.05, 3.63) is 59.2 Å². The van der Waals surface area contributed by atoms with E-state index >= 15 is 0 Å². The molecule has 2 aromatic carbocycles. The Hall–Kier alpha value is -2.29. The van der Waals surface area contributed by atoms with Gasteiger partial charge in [0.25, 0.3) is 5.91 Å². The lowest BCUT2D eigenvalue weighted by Gasteiger charge is -2.21. The largest absolute Gasteiger partial charge is 0.481 e. The van der Waals surface area contributed by atoms with Crippen LogP contribution in [0.15, 0.2) is 42.5 Å². The van der Waals surface area contributed by atoms with Gasteiger partial charge in [0.1, 0.15) is 5.75 Å². The Morgan fingerprint density at radius 1 is 0.880 bits per heavy atom. The number of anilines is 1. The summed E-state index contributed by atoms with van der Waals surface area (Å²) in [4.78, 5) is 12.7. The van der Waals surface area contributed by atoms with E-state index in [1.807, 2.05) is 43.3 Å². The standard InChI is InChI=1S/C22H29NO2/c1-14(2)18-11-7-8-13-20(18)25-17(6)22(24)23-21-16(5)10-9-12-19(21)15(3)4/h7-15,17H,1-6H3,(H,23,24)/t17-/m0/s1. The second-order valence-corrected chi connectivity index (χ2v) is 7.14. The number of carbonyl (C=O) groups is 1. The van der Waals surface area contributed by atoms with Crippen LogP contribution in [-0.4, -0.2) is 12.0 Å². The summed E-state index contributed by atoms with van der Waals surface area (Å²) >= 11 is 0. The third kappa shape index (κ3) is 4.62. The molecule has 0 fully saturated rings. The van der Waals surface area contributed by atoms with Crippen molar-refractivity contribution in [2.75, 3.05) is 5.32 Å². The van der Waals surface area contributed by atoms with Gasteiger partial charge in [-0.2, -0.15) is 0 Å². The average Bonchev–Trinajstić information content (AvgIpc) is 2.56. The fraction of sp³-hybridized carbons (Fsp3) is 0.409. The topological polar surface area (TPSA) is 38.3 Å². The third-order valence-electron chi connectivity index (χ3n) is 4.39. The summed E-state index contributed by atoms with van der Waals surface area (Å²) in [5.74, 6) is 1.33. The van der Waals surface area contributed by atoms with E-state index in [9.17, 15) is 4.79 Å². The van der Waals surface area contributed by atoms with Crippen LogP contribution in [0, 0.1) is 6.92 Å². The molecule has 3 heteroatoms. The summed E-state index contributed by atoms with van der Waals surface area (Å²) in [7, 11) is 0. The maximum atomic E-state index is 12.7. The molecule has 0 saturated carbocycles. The lowest BCUT2D eigenvalue weighted by Crippen LogP contribution is -2.31. The molecule has 1 atom stereocenters. The molecule has 2 aromatic rings. The van der Waals surface area contributed by atoms with Crippen molar-refractivity contribution >= 4 is 11.6 Å². The summed E-state index contributed by atoms with van der Waals surface area (Å²) in [5, 5.41) is 3.06. The van der Waals surface area contributed by atoms with Gasteiger partial charge in [-0.05, 0) is 48.4 Å². The number of carbonyl (C=O) groups excluding carboxylic acids is 1. The van der Waals surface area contributed by atoms with Crippen molar-refractivity contribution in [1.82, 2.24) is 0 Å². The molecule has 0 spiro atoms. The van der Waals surface area contributed by atoms with Gasteiger partial charge in [0.2, 0.25) is 0 Å². The van der Waals surface area contributed by atoms with Crippen LogP contribution in [-0.2, 0) is 4.79 Å². The highest BCUT2D eigenvalue weighted by Crippen LogP contribution is 2.29. The first-order valence-corrected chi connectivity index (χ1v) is 8.97. The van der Waals surface area contributed by atoms with Crippen molar-refractivity contribution in [2.24, 2.45) is 0 Å². The average molecular weight is 339 g/mol. The lowest BCUT2D eigenvalue weighted by atomic mass is 9.98. The Bertz CT molecular complexity index is 735. The van der Waals surface area contributed by atoms with Gasteiger partial charge in [-0.25, -0.2) is 0 Å². The first-order chi connectivity index (χ1) is 11.8. The lowest BCUT2D eigenvalue weighted by molar-refractivity contribution is -0.122. The summed E-state index contributed by atoms with van der Waals surface area (Å²) in [6.45, 7) is 12.3. The van der Waals surface area contributed by atoms with Crippen molar-refractivity contribution in [2.45, 2.75) is 59.5 Å². The second-order valence-electron chi connectivity index (χ2n) is 7.14. The molecule has 2 rings (SSSR count). The van der Waals surface area contributed by atoms with Gasteiger partial charge >= 0.3 is 0 Å². The van der Waals surface area contributed by atoms with Crippen LogP contribution in [0.4, 0.5) is 5.69 Å². The van der Waals surface area contributed by atoms with Crippen LogP contribution in [0.25, 0.3) is 0 Å². The first kappa shape index (κ1) is 19.0. The van der Waals surface area contributed by atoms with E-state index in [1.165, 1.54) is 0 Å². The van der Waals surface area contributed by atoms with Gasteiger partial charge in [-0.1, -0.05) is 64.1 Å². The van der Waals surface area contributed by atoms with Crippen LogP contribution in [0.5, 0.6) is 5.75 Å². The quantitative estimate of drug-likeness (QED) is 0.739. The smallest absolute Gasteiger partial charge is 0.265 e. The van der Waals surface area contributed by atoms with Gasteiger partial charge in [0.15, 0.2) is 6.10 Å². The Morgan fingerprint density at radius 2 is 1.48 bits per heavy atom. The molecule has 1 N–H and O–H groups in total. The summed E-state index contributed by atoms with van der Waals surface area (Å²) in [6.07, 6.45) is -0.570. The van der Waals surface area contributed by atoms with E-state index in [4.69, 9.17) is 4.74 Å². The molecular weight excluding hydrogens is 310 g/mol. The van der Waals surface area contributed by atoms with Gasteiger partial charge in [-0.15, -0.1) is 0 Å². The molecule has 0 aliphatic rings. The van der Waals surface area contributed by atoms with Crippen molar-refractivity contribution < 1.29 is 9.53 Å². The zero-order chi connectivity index (χ0) is 18.6. The summed E-state index contributed by atoms with van der Waals surface area (Å²) < 4.78 is 5.97. The molecule has 25 heavy (non-hydrogen) atoms. The van der Waals surface area contributed by atoms with Crippen LogP contribution < -0.4 is 10.1 Å². The summed E-state index contributed by atoms with van der Waals surface area (Å²) in [5.41, 5.74) is 4.22. The van der Waals surface area contributed by atoms with Crippen LogP contribution >= 0.6 is 0 Å². The van der Waals surface area contributed by atoms with Gasteiger partial charge < -0.3 is 10.1 Å². The van der Waals surface area contributed by atoms with E-state index in [1.54, 1.807) is 6.92 Å². The van der Waals surface area contributed by atoms with Gasteiger partial charge in [0.05, 0.1) is 0 Å². The SMILES string of the molecule is Cc1cccc(C(C)C)c1NC(=O)[C@H](C)Oc1ccccc1C(C)C. The molecule has 1 amide bonds. The number of nitrogens with one attached hydrogen (secondary N) is 1. The number of aryl methyl sites for hydroxylation is 1. The number of amides is 1. The predicted molar refractivity (Wildman–Crippen MR) is 105 cm³/mol. The Labute approximate surface area is 151 Å². The number of ether oxygens (including phenoxy) is 1. The van der Waals surface area contributed by atoms with Crippen molar-refractivity contribution in [3.8, 4) is 5.75 Å². The molecule has 0 bridgehead atoms. The minimum absolute atomic E-state index is 0.130. The van der Waals surface area contributed by atoms with Crippen molar-refractivity contribution in [3.63, 3.8) is 0 Å². The highest BCUT2D eigenvalue weighted by Gasteiger charge is 2.19. The fourth-order valence-electron chi connectivity index (χ4n) is 2.88. The Morgan fingerprint density at radius 3 is 2.12 bits per heavy atom. The van der Waals surface area contributed by atoms with E-state index in [-0.39, 0.29) is 5.91 Å².